The molecule has 1 aliphatic carbocycles. The first-order valence-corrected chi connectivity index (χ1v) is 21.2. The third kappa shape index (κ3) is 13.5. The van der Waals surface area contributed by atoms with Gasteiger partial charge in [0.25, 0.3) is 11.8 Å². The highest BCUT2D eigenvalue weighted by atomic mass is 35.5. The standard InChI is InChI=1S/C46H56N4O7S.ClH/c1-4-37(5-2)50(28-27-49(3)40(51)25-26-41(52)53)30-33-11-10-12-35(29-33)43(54)48-45-42(38-13-8-6-7-9-14-39(38)58-45)44(55)47-36-23-19-32(20-24-36)16-15-31-17-21-34(22-18-31)46(56)57;/h10-12,17-24,29,37H,4-9,13-16,25-28,30H2,1-3H3,(H,47,55)(H,48,54)(H,52,53)(H,56,57);1H. The second-order valence-electron chi connectivity index (χ2n) is 15.1. The van der Waals surface area contributed by atoms with E-state index in [4.69, 9.17) is 10.2 Å². The zero-order valence-electron chi connectivity index (χ0n) is 34.3. The van der Waals surface area contributed by atoms with Crippen LogP contribution in [0.2, 0.25) is 0 Å². The monoisotopic (exact) mass is 844 g/mol. The van der Waals surface area contributed by atoms with E-state index in [1.165, 1.54) is 11.3 Å². The largest absolute Gasteiger partial charge is 0.481 e. The van der Waals surface area contributed by atoms with Gasteiger partial charge in [0.1, 0.15) is 5.00 Å². The van der Waals surface area contributed by atoms with Crippen LogP contribution in [-0.2, 0) is 41.8 Å². The smallest absolute Gasteiger partial charge is 0.335 e. The number of benzene rings is 3. The van der Waals surface area contributed by atoms with Gasteiger partial charge in [0, 0.05) is 55.3 Å². The fourth-order valence-corrected chi connectivity index (χ4v) is 8.80. The summed E-state index contributed by atoms with van der Waals surface area (Å²) in [6.07, 6.45) is 9.02. The number of carbonyl (C=O) groups is 5. The van der Waals surface area contributed by atoms with Gasteiger partial charge in [0.05, 0.1) is 17.5 Å². The molecule has 4 N–H and O–H groups in total. The summed E-state index contributed by atoms with van der Waals surface area (Å²) in [4.78, 5) is 67.8. The normalized spacial score (nSPS) is 12.5. The van der Waals surface area contributed by atoms with Crippen LogP contribution < -0.4 is 10.6 Å². The zero-order chi connectivity index (χ0) is 41.6. The Hall–Kier alpha value is -5.04. The first-order valence-electron chi connectivity index (χ1n) is 20.4. The molecule has 0 saturated heterocycles. The quantitative estimate of drug-likeness (QED) is 0.0729. The molecule has 0 atom stereocenters. The number of nitrogens with zero attached hydrogens (tertiary/aromatic N) is 2. The fourth-order valence-electron chi connectivity index (χ4n) is 7.52. The molecule has 3 amide bonds. The number of rotatable bonds is 19. The van der Waals surface area contributed by atoms with Crippen molar-refractivity contribution < 1.29 is 34.2 Å². The number of aryl methyl sites for hydroxylation is 3. The van der Waals surface area contributed by atoms with Crippen LogP contribution in [0.3, 0.4) is 0 Å². The predicted molar refractivity (Wildman–Crippen MR) is 236 cm³/mol. The molecule has 0 fully saturated rings. The lowest BCUT2D eigenvalue weighted by Gasteiger charge is -2.32. The number of amides is 3. The number of carboxylic acids is 2. The van der Waals surface area contributed by atoms with Gasteiger partial charge in [0.15, 0.2) is 0 Å². The lowest BCUT2D eigenvalue weighted by Crippen LogP contribution is -2.41. The van der Waals surface area contributed by atoms with Crippen molar-refractivity contribution in [3.05, 3.63) is 117 Å². The maximum absolute atomic E-state index is 14.1. The van der Waals surface area contributed by atoms with E-state index in [1.807, 2.05) is 54.6 Å². The second-order valence-corrected chi connectivity index (χ2v) is 16.2. The Labute approximate surface area is 357 Å². The highest BCUT2D eigenvalue weighted by molar-refractivity contribution is 7.17. The number of aromatic carboxylic acids is 1. The summed E-state index contributed by atoms with van der Waals surface area (Å²) < 4.78 is 0. The van der Waals surface area contributed by atoms with Crippen LogP contribution in [-0.4, -0.2) is 75.9 Å². The van der Waals surface area contributed by atoms with E-state index in [0.717, 1.165) is 91.3 Å². The maximum atomic E-state index is 14.1. The molecule has 0 radical (unpaired) electrons. The van der Waals surface area contributed by atoms with Crippen LogP contribution in [0.4, 0.5) is 10.7 Å². The molecule has 0 saturated carbocycles. The van der Waals surface area contributed by atoms with E-state index in [9.17, 15) is 24.0 Å². The van der Waals surface area contributed by atoms with Crippen LogP contribution in [0.1, 0.15) is 123 Å². The van der Waals surface area contributed by atoms with Crippen molar-refractivity contribution in [2.75, 3.05) is 30.8 Å². The first-order chi connectivity index (χ1) is 27.9. The van der Waals surface area contributed by atoms with Crippen molar-refractivity contribution in [3.63, 3.8) is 0 Å². The van der Waals surface area contributed by atoms with E-state index in [2.05, 4.69) is 29.4 Å². The van der Waals surface area contributed by atoms with E-state index in [-0.39, 0.29) is 54.6 Å². The molecule has 4 aromatic rings. The van der Waals surface area contributed by atoms with Crippen molar-refractivity contribution >= 4 is 64.1 Å². The van der Waals surface area contributed by atoms with Gasteiger partial charge < -0.3 is 25.7 Å². The SMILES string of the molecule is CCC(CC)N(CCN(C)C(=O)CCC(=O)O)Cc1cccc(C(=O)Nc2sc3c(c2C(=O)Nc2ccc(CCc4ccc(C(=O)O)cc4)cc2)CCCCCC3)c1.Cl. The Morgan fingerprint density at radius 3 is 2.00 bits per heavy atom. The summed E-state index contributed by atoms with van der Waals surface area (Å²) in [6, 6.07) is 22.5. The van der Waals surface area contributed by atoms with Gasteiger partial charge in [-0.25, -0.2) is 4.79 Å². The minimum absolute atomic E-state index is 0. The molecule has 1 aliphatic rings. The number of hydrogen-bond acceptors (Lipinski definition) is 7. The number of aliphatic carboxylic acids is 1. The van der Waals surface area contributed by atoms with Gasteiger partial charge in [-0.05, 0) is 110 Å². The zero-order valence-corrected chi connectivity index (χ0v) is 35.9. The van der Waals surface area contributed by atoms with Crippen molar-refractivity contribution in [2.24, 2.45) is 0 Å². The minimum Gasteiger partial charge on any atom is -0.481 e. The summed E-state index contributed by atoms with van der Waals surface area (Å²) >= 11 is 1.50. The van der Waals surface area contributed by atoms with Gasteiger partial charge in [-0.2, -0.15) is 0 Å². The number of anilines is 2. The molecule has 11 nitrogen and oxygen atoms in total. The van der Waals surface area contributed by atoms with Gasteiger partial charge in [-0.1, -0.05) is 63.1 Å². The van der Waals surface area contributed by atoms with Crippen molar-refractivity contribution in [3.8, 4) is 0 Å². The molecule has 1 heterocycles. The molecule has 5 rings (SSSR count). The van der Waals surface area contributed by atoms with Crippen LogP contribution in [0, 0.1) is 0 Å². The van der Waals surface area contributed by atoms with Crippen LogP contribution in [0.5, 0.6) is 0 Å². The van der Waals surface area contributed by atoms with Crippen LogP contribution >= 0.6 is 23.7 Å². The van der Waals surface area contributed by atoms with Crippen LogP contribution in [0.25, 0.3) is 0 Å². The predicted octanol–water partition coefficient (Wildman–Crippen LogP) is 9.13. The Balaban J connectivity index is 0.00000769. The third-order valence-electron chi connectivity index (χ3n) is 11.0. The molecule has 3 aromatic carbocycles. The number of thiophene rings is 1. The molecule has 0 aliphatic heterocycles. The summed E-state index contributed by atoms with van der Waals surface area (Å²) in [5.74, 6) is -2.67. The molecule has 316 valence electrons. The third-order valence-corrected chi connectivity index (χ3v) is 12.2. The molecule has 1 aromatic heterocycles. The van der Waals surface area contributed by atoms with Gasteiger partial charge >= 0.3 is 11.9 Å². The Kier molecular flexibility index (Phi) is 18.1. The number of carbonyl (C=O) groups excluding carboxylic acids is 3. The van der Waals surface area contributed by atoms with Crippen molar-refractivity contribution in [2.45, 2.75) is 103 Å². The maximum Gasteiger partial charge on any atom is 0.335 e. The summed E-state index contributed by atoms with van der Waals surface area (Å²) in [5, 5.41) is 24.9. The highest BCUT2D eigenvalue weighted by Crippen LogP contribution is 2.38. The second kappa shape index (κ2) is 22.9. The number of halogens is 1. The first kappa shape index (κ1) is 46.6. The topological polar surface area (TPSA) is 156 Å². The summed E-state index contributed by atoms with van der Waals surface area (Å²) in [6.45, 7) is 5.90. The molecular formula is C46H57ClN4O7S. The molecule has 13 heteroatoms. The molecule has 0 spiro atoms. The molecule has 0 bridgehead atoms. The average Bonchev–Trinajstić information content (AvgIpc) is 3.54. The number of likely N-dealkylation sites (N-methyl/N-ethyl adjacent to an activating group) is 1. The van der Waals surface area contributed by atoms with Crippen molar-refractivity contribution in [1.29, 1.82) is 0 Å². The molecule has 59 heavy (non-hydrogen) atoms. The van der Waals surface area contributed by atoms with Crippen molar-refractivity contribution in [1.82, 2.24) is 9.80 Å². The molecular weight excluding hydrogens is 788 g/mol. The summed E-state index contributed by atoms with van der Waals surface area (Å²) in [7, 11) is 1.70. The van der Waals surface area contributed by atoms with E-state index in [1.54, 1.807) is 30.1 Å². The number of hydrogen-bond donors (Lipinski definition) is 4. The average molecular weight is 846 g/mol. The summed E-state index contributed by atoms with van der Waals surface area (Å²) in [5.41, 5.74) is 6.05. The van der Waals surface area contributed by atoms with Gasteiger partial charge in [0.2, 0.25) is 5.91 Å². The number of carboxylic acid groups (broad SMARTS) is 2. The Bertz CT molecular complexity index is 2050. The fraction of sp³-hybridized carbons (Fsp3) is 0.413. The van der Waals surface area contributed by atoms with E-state index in [0.29, 0.717) is 41.4 Å². The van der Waals surface area contributed by atoms with E-state index < -0.39 is 11.9 Å². The van der Waals surface area contributed by atoms with Crippen LogP contribution in [0.15, 0.2) is 72.8 Å². The van der Waals surface area contributed by atoms with Gasteiger partial charge in [-0.3, -0.25) is 24.1 Å². The van der Waals surface area contributed by atoms with Gasteiger partial charge in [-0.15, -0.1) is 23.7 Å². The highest BCUT2D eigenvalue weighted by Gasteiger charge is 2.26. The number of nitrogens with one attached hydrogen (secondary N) is 2. The minimum atomic E-state index is -0.992. The van der Waals surface area contributed by atoms with E-state index >= 15 is 0 Å². The Morgan fingerprint density at radius 1 is 0.729 bits per heavy atom. The Morgan fingerprint density at radius 2 is 1.37 bits per heavy atom. The lowest BCUT2D eigenvalue weighted by molar-refractivity contribution is -0.140. The lowest BCUT2D eigenvalue weighted by atomic mass is 9.96. The number of fused-ring (bicyclic) bond motifs is 1. The molecule has 0 unspecified atom stereocenters.